The molecule has 0 amide bonds. The molecular formula is C19H27NOS. The van der Waals surface area contributed by atoms with Crippen molar-refractivity contribution in [1.82, 2.24) is 4.90 Å². The number of benzene rings is 1. The molecule has 0 unspecified atom stereocenters. The van der Waals surface area contributed by atoms with Gasteiger partial charge in [-0.3, -0.25) is 4.90 Å². The number of hydrogen-bond acceptors (Lipinski definition) is 3. The van der Waals surface area contributed by atoms with Gasteiger partial charge in [0, 0.05) is 25.0 Å². The maximum Gasteiger partial charge on any atom is 0.0939 e. The van der Waals surface area contributed by atoms with E-state index in [4.69, 9.17) is 0 Å². The van der Waals surface area contributed by atoms with Crippen LogP contribution in [0.4, 0.5) is 0 Å². The predicted molar refractivity (Wildman–Crippen MR) is 93.1 cm³/mol. The van der Waals surface area contributed by atoms with Crippen LogP contribution in [0.2, 0.25) is 0 Å². The summed E-state index contributed by atoms with van der Waals surface area (Å²) in [5.74, 6) is 3.76. The van der Waals surface area contributed by atoms with Gasteiger partial charge < -0.3 is 5.11 Å². The van der Waals surface area contributed by atoms with Gasteiger partial charge in [0.15, 0.2) is 0 Å². The summed E-state index contributed by atoms with van der Waals surface area (Å²) in [5, 5.41) is 11.5. The number of aliphatic hydroxyl groups is 1. The molecule has 3 aliphatic rings. The minimum atomic E-state index is -0.595. The van der Waals surface area contributed by atoms with Crippen LogP contribution in [0, 0.1) is 11.8 Å². The maximum atomic E-state index is 11.5. The molecule has 1 aliphatic carbocycles. The van der Waals surface area contributed by atoms with E-state index in [1.165, 1.54) is 43.7 Å². The van der Waals surface area contributed by atoms with Gasteiger partial charge >= 0.3 is 0 Å². The summed E-state index contributed by atoms with van der Waals surface area (Å²) in [6, 6.07) is 11.2. The highest BCUT2D eigenvalue weighted by atomic mass is 32.2. The molecule has 3 atom stereocenters. The van der Waals surface area contributed by atoms with E-state index in [0.717, 1.165) is 24.6 Å². The Hall–Kier alpha value is -0.510. The second-order valence-electron chi connectivity index (χ2n) is 7.35. The Morgan fingerprint density at radius 3 is 2.59 bits per heavy atom. The molecule has 120 valence electrons. The predicted octanol–water partition coefficient (Wildman–Crippen LogP) is 3.50. The third kappa shape index (κ3) is 2.61. The van der Waals surface area contributed by atoms with Crippen molar-refractivity contribution in [3.05, 3.63) is 35.9 Å². The van der Waals surface area contributed by atoms with E-state index >= 15 is 0 Å². The molecule has 1 aromatic rings. The maximum absolute atomic E-state index is 11.5. The number of hydrogen-bond donors (Lipinski definition) is 1. The zero-order valence-corrected chi connectivity index (χ0v) is 14.1. The Bertz CT molecular complexity index is 501. The minimum Gasteiger partial charge on any atom is -0.385 e. The Morgan fingerprint density at radius 1 is 1.05 bits per heavy atom. The summed E-state index contributed by atoms with van der Waals surface area (Å²) < 4.78 is 0. The van der Waals surface area contributed by atoms with Crippen molar-refractivity contribution in [3.63, 3.8) is 0 Å². The van der Waals surface area contributed by atoms with Crippen LogP contribution in [0.5, 0.6) is 0 Å². The lowest BCUT2D eigenvalue weighted by atomic mass is 9.67. The molecule has 4 rings (SSSR count). The molecule has 3 fully saturated rings. The lowest BCUT2D eigenvalue weighted by Crippen LogP contribution is -2.43. The molecule has 22 heavy (non-hydrogen) atoms. The molecular weight excluding hydrogens is 290 g/mol. The summed E-state index contributed by atoms with van der Waals surface area (Å²) in [6.07, 6.45) is 6.09. The Labute approximate surface area is 138 Å². The van der Waals surface area contributed by atoms with Crippen LogP contribution in [0.3, 0.4) is 0 Å². The third-order valence-electron chi connectivity index (χ3n) is 6.20. The SMILES string of the molecule is O[C@@]1(c2ccccc2)CCC[C@H]2CN(C3CCSCC3)C[C@H]21. The Kier molecular flexibility index (Phi) is 4.23. The van der Waals surface area contributed by atoms with Crippen molar-refractivity contribution in [2.75, 3.05) is 24.6 Å². The third-order valence-corrected chi connectivity index (χ3v) is 7.25. The lowest BCUT2D eigenvalue weighted by Gasteiger charge is -2.41. The first-order valence-electron chi connectivity index (χ1n) is 8.87. The van der Waals surface area contributed by atoms with Crippen LogP contribution < -0.4 is 0 Å². The smallest absolute Gasteiger partial charge is 0.0939 e. The second-order valence-corrected chi connectivity index (χ2v) is 8.57. The van der Waals surface area contributed by atoms with E-state index < -0.39 is 5.60 Å². The van der Waals surface area contributed by atoms with Crippen molar-refractivity contribution in [1.29, 1.82) is 0 Å². The largest absolute Gasteiger partial charge is 0.385 e. The van der Waals surface area contributed by atoms with Gasteiger partial charge in [-0.15, -0.1) is 0 Å². The first kappa shape index (κ1) is 15.0. The molecule has 0 aromatic heterocycles. The fourth-order valence-corrected chi connectivity index (χ4v) is 6.07. The zero-order valence-electron chi connectivity index (χ0n) is 13.3. The van der Waals surface area contributed by atoms with Gasteiger partial charge in [0.25, 0.3) is 0 Å². The van der Waals surface area contributed by atoms with Gasteiger partial charge in [-0.25, -0.2) is 0 Å². The summed E-state index contributed by atoms with van der Waals surface area (Å²) >= 11 is 2.10. The van der Waals surface area contributed by atoms with Gasteiger partial charge in [-0.1, -0.05) is 30.3 Å². The van der Waals surface area contributed by atoms with Gasteiger partial charge in [-0.2, -0.15) is 11.8 Å². The molecule has 1 N–H and O–H groups in total. The van der Waals surface area contributed by atoms with Crippen LogP contribution in [-0.4, -0.2) is 40.6 Å². The summed E-state index contributed by atoms with van der Waals surface area (Å²) in [4.78, 5) is 2.72. The molecule has 0 radical (unpaired) electrons. The van der Waals surface area contributed by atoms with Crippen molar-refractivity contribution >= 4 is 11.8 Å². The number of thioether (sulfide) groups is 1. The topological polar surface area (TPSA) is 23.5 Å². The summed E-state index contributed by atoms with van der Waals surface area (Å²) in [7, 11) is 0. The average Bonchev–Trinajstić information content (AvgIpc) is 3.02. The second kappa shape index (κ2) is 6.18. The van der Waals surface area contributed by atoms with Crippen LogP contribution >= 0.6 is 11.8 Å². The highest BCUT2D eigenvalue weighted by Crippen LogP contribution is 2.49. The summed E-state index contributed by atoms with van der Waals surface area (Å²) in [6.45, 7) is 2.32. The molecule has 0 spiro atoms. The van der Waals surface area contributed by atoms with E-state index in [9.17, 15) is 5.11 Å². The van der Waals surface area contributed by atoms with Crippen LogP contribution in [0.15, 0.2) is 30.3 Å². The van der Waals surface area contributed by atoms with Crippen molar-refractivity contribution < 1.29 is 5.11 Å². The van der Waals surface area contributed by atoms with Crippen molar-refractivity contribution in [2.45, 2.75) is 43.7 Å². The van der Waals surface area contributed by atoms with Gasteiger partial charge in [-0.05, 0) is 55.1 Å². The van der Waals surface area contributed by atoms with Gasteiger partial charge in [0.2, 0.25) is 0 Å². The molecule has 2 nitrogen and oxygen atoms in total. The summed E-state index contributed by atoms with van der Waals surface area (Å²) in [5.41, 5.74) is 0.549. The van der Waals surface area contributed by atoms with E-state index in [2.05, 4.69) is 40.9 Å². The fraction of sp³-hybridized carbons (Fsp3) is 0.684. The molecule has 2 saturated heterocycles. The van der Waals surface area contributed by atoms with Crippen molar-refractivity contribution in [3.8, 4) is 0 Å². The normalized spacial score (nSPS) is 37.1. The molecule has 2 heterocycles. The Morgan fingerprint density at radius 2 is 1.82 bits per heavy atom. The Balaban J connectivity index is 1.56. The van der Waals surface area contributed by atoms with Crippen LogP contribution in [0.25, 0.3) is 0 Å². The number of fused-ring (bicyclic) bond motifs is 1. The number of rotatable bonds is 2. The lowest BCUT2D eigenvalue weighted by molar-refractivity contribution is -0.0652. The first-order valence-corrected chi connectivity index (χ1v) is 10.0. The standard InChI is InChI=1S/C19H27NOS/c21-19(16-6-2-1-3-7-16)10-4-5-15-13-20(14-18(15)19)17-8-11-22-12-9-17/h1-3,6-7,15,17-18,21H,4-5,8-14H2/t15-,18+,19+/m0/s1. The van der Waals surface area contributed by atoms with Crippen LogP contribution in [0.1, 0.15) is 37.7 Å². The minimum absolute atomic E-state index is 0.429. The van der Waals surface area contributed by atoms with E-state index in [1.54, 1.807) is 0 Å². The van der Waals surface area contributed by atoms with E-state index in [1.807, 2.05) is 6.07 Å². The molecule has 1 aromatic carbocycles. The monoisotopic (exact) mass is 317 g/mol. The fourth-order valence-electron chi connectivity index (χ4n) is 4.99. The number of likely N-dealkylation sites (tertiary alicyclic amines) is 1. The van der Waals surface area contributed by atoms with Gasteiger partial charge in [0.1, 0.15) is 0 Å². The number of nitrogens with zero attached hydrogens (tertiary/aromatic N) is 1. The molecule has 0 bridgehead atoms. The highest BCUT2D eigenvalue weighted by molar-refractivity contribution is 7.99. The molecule has 1 saturated carbocycles. The van der Waals surface area contributed by atoms with E-state index in [-0.39, 0.29) is 0 Å². The quantitative estimate of drug-likeness (QED) is 0.903. The van der Waals surface area contributed by atoms with Crippen LogP contribution in [-0.2, 0) is 5.60 Å². The average molecular weight is 317 g/mol. The van der Waals surface area contributed by atoms with Gasteiger partial charge in [0.05, 0.1) is 5.60 Å². The highest BCUT2D eigenvalue weighted by Gasteiger charge is 2.50. The van der Waals surface area contributed by atoms with Crippen molar-refractivity contribution in [2.24, 2.45) is 11.8 Å². The first-order chi connectivity index (χ1) is 10.8. The molecule has 2 aliphatic heterocycles. The van der Waals surface area contributed by atoms with E-state index in [0.29, 0.717) is 11.8 Å². The molecule has 3 heteroatoms. The zero-order chi connectivity index (χ0) is 15.0.